The van der Waals surface area contributed by atoms with Crippen molar-refractivity contribution >= 4 is 5.97 Å². The second-order valence-corrected chi connectivity index (χ2v) is 20.2. The molecule has 4 heterocycles. The lowest BCUT2D eigenvalue weighted by molar-refractivity contribution is -0.318. The molecule has 17 heteroatoms. The van der Waals surface area contributed by atoms with Gasteiger partial charge < -0.3 is 69.3 Å². The van der Waals surface area contributed by atoms with Gasteiger partial charge >= 0.3 is 5.97 Å². The van der Waals surface area contributed by atoms with Crippen LogP contribution in [0.15, 0.2) is 0 Å². The van der Waals surface area contributed by atoms with Crippen molar-refractivity contribution in [3.63, 3.8) is 0 Å². The molecule has 0 aromatic carbocycles. The molecule has 4 saturated heterocycles. The standard InChI is InChI=1S/C45H86N4O13/c1-14-34-45(10,56)38(52)30(6)47(11)23-26(2)21-43(8,55)40(28(4)37(29(5)41(54)60-34)61-35-22-44(9,57-13)39(53)31(7)59-35)62-42-36(51)33(20-27(3)58-42)48(12)24-32(50)25-49-18-15-16-46-17-19-49/h26-40,42,46,50-53,55-56H,14-25H2,1-13H3/t26-,27-,28+,29-,30-,31+,32?,33?,34-,35+,36-,37+,38-,39+,40-,42+,43-,44-,45-/m1/s1. The van der Waals surface area contributed by atoms with Gasteiger partial charge in [-0.3, -0.25) is 14.6 Å². The van der Waals surface area contributed by atoms with Gasteiger partial charge in [-0.25, -0.2) is 0 Å². The van der Waals surface area contributed by atoms with E-state index in [2.05, 4.69) is 10.2 Å². The molecule has 4 fully saturated rings. The Labute approximate surface area is 371 Å². The van der Waals surface area contributed by atoms with Gasteiger partial charge in [0.05, 0.1) is 47.6 Å². The Balaban J connectivity index is 1.73. The number of cyclic esters (lactones) is 1. The lowest BCUT2D eigenvalue weighted by Crippen LogP contribution is -2.61. The molecule has 4 aliphatic rings. The van der Waals surface area contributed by atoms with Crippen molar-refractivity contribution in [1.29, 1.82) is 0 Å². The Morgan fingerprint density at radius 3 is 2.29 bits per heavy atom. The summed E-state index contributed by atoms with van der Waals surface area (Å²) in [7, 11) is 5.22. The highest BCUT2D eigenvalue weighted by Crippen LogP contribution is 2.40. The molecule has 0 aliphatic carbocycles. The van der Waals surface area contributed by atoms with Gasteiger partial charge in [0.2, 0.25) is 0 Å². The van der Waals surface area contributed by atoms with Gasteiger partial charge in [-0.05, 0) is 107 Å². The van der Waals surface area contributed by atoms with Crippen molar-refractivity contribution in [2.45, 2.75) is 198 Å². The molecular formula is C45H86N4O13. The monoisotopic (exact) mass is 891 g/mol. The molecule has 364 valence electrons. The van der Waals surface area contributed by atoms with Crippen LogP contribution in [0.25, 0.3) is 0 Å². The van der Waals surface area contributed by atoms with E-state index in [1.165, 1.54) is 14.0 Å². The van der Waals surface area contributed by atoms with E-state index in [9.17, 15) is 35.4 Å². The maximum absolute atomic E-state index is 14.4. The van der Waals surface area contributed by atoms with E-state index in [1.807, 2.05) is 44.7 Å². The van der Waals surface area contributed by atoms with E-state index in [0.717, 1.165) is 32.6 Å². The molecule has 0 bridgehead atoms. The minimum atomic E-state index is -1.83. The number of esters is 1. The van der Waals surface area contributed by atoms with Gasteiger partial charge in [0.25, 0.3) is 0 Å². The number of carbonyl (C=O) groups is 1. The summed E-state index contributed by atoms with van der Waals surface area (Å²) >= 11 is 0. The van der Waals surface area contributed by atoms with Crippen molar-refractivity contribution in [1.82, 2.24) is 20.0 Å². The first-order chi connectivity index (χ1) is 28.9. The number of methoxy groups -OCH3 is 1. The van der Waals surface area contributed by atoms with Crippen LogP contribution >= 0.6 is 0 Å². The summed E-state index contributed by atoms with van der Waals surface area (Å²) in [5, 5.41) is 73.9. The van der Waals surface area contributed by atoms with Gasteiger partial charge in [-0.2, -0.15) is 0 Å². The van der Waals surface area contributed by atoms with Gasteiger partial charge in [-0.1, -0.05) is 20.8 Å². The van der Waals surface area contributed by atoms with Crippen LogP contribution in [0, 0.1) is 17.8 Å². The number of hydrogen-bond acceptors (Lipinski definition) is 17. The Hall–Kier alpha value is -1.13. The molecule has 19 atom stereocenters. The van der Waals surface area contributed by atoms with Gasteiger partial charge in [0.15, 0.2) is 12.6 Å². The van der Waals surface area contributed by atoms with E-state index in [4.69, 9.17) is 28.4 Å². The minimum absolute atomic E-state index is 0.109. The van der Waals surface area contributed by atoms with E-state index in [0.29, 0.717) is 26.1 Å². The van der Waals surface area contributed by atoms with Crippen LogP contribution in [0.1, 0.15) is 101 Å². The Morgan fingerprint density at radius 1 is 0.968 bits per heavy atom. The summed E-state index contributed by atoms with van der Waals surface area (Å²) in [5.74, 6) is -2.74. The Morgan fingerprint density at radius 2 is 1.65 bits per heavy atom. The quantitative estimate of drug-likeness (QED) is 0.144. The maximum atomic E-state index is 14.4. The molecule has 2 unspecified atom stereocenters. The van der Waals surface area contributed by atoms with E-state index >= 15 is 0 Å². The topological polar surface area (TPSA) is 216 Å². The lowest BCUT2D eigenvalue weighted by atomic mass is 9.77. The third-order valence-corrected chi connectivity index (χ3v) is 14.5. The number of rotatable bonds is 11. The van der Waals surface area contributed by atoms with E-state index < -0.39 is 108 Å². The molecule has 4 aliphatic heterocycles. The van der Waals surface area contributed by atoms with Gasteiger partial charge in [0.1, 0.15) is 30.0 Å². The third-order valence-electron chi connectivity index (χ3n) is 14.5. The van der Waals surface area contributed by atoms with Gasteiger partial charge in [0, 0.05) is 64.3 Å². The lowest BCUT2D eigenvalue weighted by Gasteiger charge is -2.49. The van der Waals surface area contributed by atoms with Crippen LogP contribution in [0.3, 0.4) is 0 Å². The van der Waals surface area contributed by atoms with Crippen LogP contribution in [0.2, 0.25) is 0 Å². The average molecular weight is 891 g/mol. The molecule has 0 aromatic rings. The van der Waals surface area contributed by atoms with Crippen LogP contribution in [-0.2, 0) is 33.2 Å². The highest BCUT2D eigenvalue weighted by molar-refractivity contribution is 5.73. The highest BCUT2D eigenvalue weighted by Gasteiger charge is 2.53. The number of hydrogen-bond donors (Lipinski definition) is 7. The first-order valence-electron chi connectivity index (χ1n) is 23.2. The predicted octanol–water partition coefficient (Wildman–Crippen LogP) is 0.927. The van der Waals surface area contributed by atoms with Crippen molar-refractivity contribution in [2.24, 2.45) is 17.8 Å². The summed E-state index contributed by atoms with van der Waals surface area (Å²) in [6.07, 6.45) is -8.63. The fourth-order valence-electron chi connectivity index (χ4n) is 10.6. The normalized spacial score (nSPS) is 46.1. The first-order valence-corrected chi connectivity index (χ1v) is 23.2. The first kappa shape index (κ1) is 53.5. The maximum Gasteiger partial charge on any atom is 0.311 e. The fraction of sp³-hybridized carbons (Fsp3) is 0.978. The number of β-amino-alcohol motifs (C(OH)–C–C–N with tert-alkyl or cyclic N) is 1. The molecule has 0 amide bonds. The van der Waals surface area contributed by atoms with E-state index in [-0.39, 0.29) is 31.3 Å². The average Bonchev–Trinajstić information content (AvgIpc) is 3.47. The summed E-state index contributed by atoms with van der Waals surface area (Å²) < 4.78 is 38.1. The molecule has 17 nitrogen and oxygen atoms in total. The zero-order valence-electron chi connectivity index (χ0n) is 40.1. The fourth-order valence-corrected chi connectivity index (χ4v) is 10.6. The Bertz CT molecular complexity index is 1370. The largest absolute Gasteiger partial charge is 0.459 e. The highest BCUT2D eigenvalue weighted by atomic mass is 16.7. The molecule has 0 radical (unpaired) electrons. The molecule has 7 N–H and O–H groups in total. The second kappa shape index (κ2) is 22.6. The van der Waals surface area contributed by atoms with Gasteiger partial charge in [-0.15, -0.1) is 0 Å². The van der Waals surface area contributed by atoms with Crippen molar-refractivity contribution < 1.29 is 63.9 Å². The number of ether oxygens (including phenoxy) is 6. The number of nitrogens with zero attached hydrogens (tertiary/aromatic N) is 3. The van der Waals surface area contributed by atoms with Crippen molar-refractivity contribution in [3.05, 3.63) is 0 Å². The third kappa shape index (κ3) is 13.1. The summed E-state index contributed by atoms with van der Waals surface area (Å²) in [6, 6.07) is -1.02. The SMILES string of the molecule is CC[C@H]1OC(=O)[C@H](C)[C@@H](O[C@H]2C[C@@](C)(OC)[C@@H](O)[C@H](C)O2)[C@H](C)[C@@H](O[C@@H]2O[C@H](C)CC(N(C)CC(O)CN3CCCNCC3)[C@H]2O)[C@](C)(O)C[C@@H](C)CN(C)[C@H](C)[C@@H](O)[C@]1(C)O. The van der Waals surface area contributed by atoms with Crippen LogP contribution in [0.5, 0.6) is 0 Å². The summed E-state index contributed by atoms with van der Waals surface area (Å²) in [6.45, 7) is 22.4. The number of carbonyl (C=O) groups excluding carboxylic acids is 1. The number of nitrogens with one attached hydrogen (secondary N) is 1. The van der Waals surface area contributed by atoms with Crippen molar-refractivity contribution in [2.75, 3.05) is 67.0 Å². The van der Waals surface area contributed by atoms with Crippen LogP contribution in [-0.4, -0.2) is 215 Å². The van der Waals surface area contributed by atoms with Crippen LogP contribution < -0.4 is 5.32 Å². The smallest absolute Gasteiger partial charge is 0.311 e. The predicted molar refractivity (Wildman–Crippen MR) is 233 cm³/mol. The number of likely N-dealkylation sites (N-methyl/N-ethyl adjacent to an activating group) is 2. The number of aliphatic hydroxyl groups is 6. The summed E-state index contributed by atoms with van der Waals surface area (Å²) in [4.78, 5) is 20.5. The van der Waals surface area contributed by atoms with E-state index in [1.54, 1.807) is 41.5 Å². The van der Waals surface area contributed by atoms with Crippen LogP contribution in [0.4, 0.5) is 0 Å². The molecule has 0 saturated carbocycles. The number of aliphatic hydroxyl groups excluding tert-OH is 4. The molecule has 0 spiro atoms. The zero-order chi connectivity index (χ0) is 46.5. The zero-order valence-corrected chi connectivity index (χ0v) is 40.1. The van der Waals surface area contributed by atoms with Crippen molar-refractivity contribution in [3.8, 4) is 0 Å². The second-order valence-electron chi connectivity index (χ2n) is 20.2. The molecular weight excluding hydrogens is 805 g/mol. The summed E-state index contributed by atoms with van der Waals surface area (Å²) in [5.41, 5.74) is -4.49. The molecule has 62 heavy (non-hydrogen) atoms. The minimum Gasteiger partial charge on any atom is -0.459 e. The Kier molecular flexibility index (Phi) is 19.5. The molecule has 4 rings (SSSR count). The molecule has 0 aromatic heterocycles.